The molecule has 0 aliphatic carbocycles. The number of anilines is 1. The number of aliphatic hydroxyl groups is 1. The Kier molecular flexibility index (Phi) is 4.91. The first-order valence-electron chi connectivity index (χ1n) is 7.13. The molecule has 1 saturated heterocycles. The Hall–Kier alpha value is -1.24. The number of hydrogen-bond donors (Lipinski definition) is 2. The Morgan fingerprint density at radius 3 is 2.30 bits per heavy atom. The molecule has 0 unspecified atom stereocenters. The summed E-state index contributed by atoms with van der Waals surface area (Å²) in [6.07, 6.45) is 3.75. The summed E-state index contributed by atoms with van der Waals surface area (Å²) in [6.45, 7) is 8.88. The number of nitrogens with zero attached hydrogens (tertiary/aromatic N) is 4. The van der Waals surface area contributed by atoms with Crippen LogP contribution >= 0.6 is 0 Å². The summed E-state index contributed by atoms with van der Waals surface area (Å²) in [5, 5.41) is 12.9. The standard InChI is InChI=1S/C14H25N5O/c1-14(2,20)11-18-4-6-19(7-5-18)13-16-9-12(8-15-3)10-17-13/h9-10,15,20H,4-8,11H2,1-3H3. The van der Waals surface area contributed by atoms with Crippen LogP contribution in [0.1, 0.15) is 19.4 Å². The number of aromatic nitrogens is 2. The second kappa shape index (κ2) is 6.47. The number of piperazine rings is 1. The summed E-state index contributed by atoms with van der Waals surface area (Å²) in [7, 11) is 1.91. The van der Waals surface area contributed by atoms with Crippen LogP contribution in [0.4, 0.5) is 5.95 Å². The van der Waals surface area contributed by atoms with Gasteiger partial charge in [0.1, 0.15) is 0 Å². The summed E-state index contributed by atoms with van der Waals surface area (Å²) in [6, 6.07) is 0. The average molecular weight is 279 g/mol. The topological polar surface area (TPSA) is 64.5 Å². The molecule has 112 valence electrons. The summed E-state index contributed by atoms with van der Waals surface area (Å²) >= 11 is 0. The molecular formula is C14H25N5O. The highest BCUT2D eigenvalue weighted by Gasteiger charge is 2.23. The molecule has 0 radical (unpaired) electrons. The van der Waals surface area contributed by atoms with E-state index in [1.807, 2.05) is 33.3 Å². The Bertz CT molecular complexity index is 407. The van der Waals surface area contributed by atoms with E-state index >= 15 is 0 Å². The highest BCUT2D eigenvalue weighted by Crippen LogP contribution is 2.13. The highest BCUT2D eigenvalue weighted by atomic mass is 16.3. The molecule has 2 heterocycles. The van der Waals surface area contributed by atoms with Gasteiger partial charge >= 0.3 is 0 Å². The maximum absolute atomic E-state index is 9.85. The zero-order valence-electron chi connectivity index (χ0n) is 12.6. The van der Waals surface area contributed by atoms with Gasteiger partial charge in [0.25, 0.3) is 0 Å². The first-order valence-corrected chi connectivity index (χ1v) is 7.13. The average Bonchev–Trinajstić information content (AvgIpc) is 2.39. The lowest BCUT2D eigenvalue weighted by Crippen LogP contribution is -2.50. The number of β-amino-alcohol motifs (C(OH)–C–C–N with tert-alkyl or cyclic N) is 1. The second-order valence-corrected chi connectivity index (χ2v) is 6.00. The molecule has 0 atom stereocenters. The molecule has 6 heteroatoms. The van der Waals surface area contributed by atoms with Crippen molar-refractivity contribution >= 4 is 5.95 Å². The van der Waals surface area contributed by atoms with Gasteiger partial charge in [0.15, 0.2) is 0 Å². The Balaban J connectivity index is 1.87. The molecule has 0 bridgehead atoms. The van der Waals surface area contributed by atoms with Gasteiger partial charge in [-0.15, -0.1) is 0 Å². The molecule has 1 aliphatic rings. The first-order chi connectivity index (χ1) is 9.48. The lowest BCUT2D eigenvalue weighted by Gasteiger charge is -2.37. The molecule has 1 aromatic rings. The lowest BCUT2D eigenvalue weighted by molar-refractivity contribution is 0.0344. The van der Waals surface area contributed by atoms with Gasteiger partial charge in [0.05, 0.1) is 5.60 Å². The van der Waals surface area contributed by atoms with Gasteiger partial charge in [-0.2, -0.15) is 0 Å². The quantitative estimate of drug-likeness (QED) is 0.796. The molecule has 2 rings (SSSR count). The van der Waals surface area contributed by atoms with E-state index in [0.717, 1.165) is 44.2 Å². The van der Waals surface area contributed by atoms with Crippen LogP contribution in [0, 0.1) is 0 Å². The zero-order valence-corrected chi connectivity index (χ0v) is 12.6. The molecule has 2 N–H and O–H groups in total. The summed E-state index contributed by atoms with van der Waals surface area (Å²) in [5.74, 6) is 0.799. The van der Waals surface area contributed by atoms with Gasteiger partial charge in [0, 0.05) is 57.2 Å². The van der Waals surface area contributed by atoms with Crippen molar-refractivity contribution in [3.05, 3.63) is 18.0 Å². The minimum absolute atomic E-state index is 0.631. The van der Waals surface area contributed by atoms with Crippen LogP contribution in [0.2, 0.25) is 0 Å². The molecule has 0 aromatic carbocycles. The van der Waals surface area contributed by atoms with Crippen LogP contribution in [0.15, 0.2) is 12.4 Å². The van der Waals surface area contributed by atoms with Crippen molar-refractivity contribution in [2.75, 3.05) is 44.7 Å². The van der Waals surface area contributed by atoms with Crippen LogP contribution in [-0.2, 0) is 6.54 Å². The van der Waals surface area contributed by atoms with Crippen LogP contribution in [0.25, 0.3) is 0 Å². The van der Waals surface area contributed by atoms with E-state index in [1.54, 1.807) is 0 Å². The fourth-order valence-electron chi connectivity index (χ4n) is 2.46. The Morgan fingerprint density at radius 2 is 1.80 bits per heavy atom. The molecule has 6 nitrogen and oxygen atoms in total. The van der Waals surface area contributed by atoms with Crippen molar-refractivity contribution in [3.8, 4) is 0 Å². The number of rotatable bonds is 5. The van der Waals surface area contributed by atoms with Crippen molar-refractivity contribution < 1.29 is 5.11 Å². The monoisotopic (exact) mass is 279 g/mol. The predicted molar refractivity (Wildman–Crippen MR) is 79.7 cm³/mol. The van der Waals surface area contributed by atoms with Gasteiger partial charge in [-0.1, -0.05) is 0 Å². The van der Waals surface area contributed by atoms with E-state index in [-0.39, 0.29) is 0 Å². The third-order valence-corrected chi connectivity index (χ3v) is 3.34. The van der Waals surface area contributed by atoms with E-state index < -0.39 is 5.60 Å². The van der Waals surface area contributed by atoms with E-state index in [4.69, 9.17) is 0 Å². The Labute approximate surface area is 120 Å². The largest absolute Gasteiger partial charge is 0.389 e. The SMILES string of the molecule is CNCc1cnc(N2CCN(CC(C)(C)O)CC2)nc1. The third kappa shape index (κ3) is 4.40. The second-order valence-electron chi connectivity index (χ2n) is 6.00. The maximum atomic E-state index is 9.85. The normalized spacial score (nSPS) is 17.5. The molecule has 0 amide bonds. The fourth-order valence-corrected chi connectivity index (χ4v) is 2.46. The minimum atomic E-state index is -0.631. The number of hydrogen-bond acceptors (Lipinski definition) is 6. The molecule has 1 aromatic heterocycles. The van der Waals surface area contributed by atoms with Crippen molar-refractivity contribution in [2.24, 2.45) is 0 Å². The first kappa shape index (κ1) is 15.2. The van der Waals surface area contributed by atoms with Gasteiger partial charge in [-0.05, 0) is 20.9 Å². The van der Waals surface area contributed by atoms with Crippen LogP contribution in [0.3, 0.4) is 0 Å². The van der Waals surface area contributed by atoms with Gasteiger partial charge < -0.3 is 15.3 Å². The summed E-state index contributed by atoms with van der Waals surface area (Å²) in [4.78, 5) is 13.3. The van der Waals surface area contributed by atoms with Gasteiger partial charge in [-0.25, -0.2) is 9.97 Å². The molecule has 1 aliphatic heterocycles. The molecule has 20 heavy (non-hydrogen) atoms. The molecular weight excluding hydrogens is 254 g/mol. The molecule has 0 spiro atoms. The molecule has 0 saturated carbocycles. The highest BCUT2D eigenvalue weighted by molar-refractivity contribution is 5.30. The van der Waals surface area contributed by atoms with Gasteiger partial charge in [-0.3, -0.25) is 4.90 Å². The van der Waals surface area contributed by atoms with Crippen molar-refractivity contribution in [3.63, 3.8) is 0 Å². The number of nitrogens with one attached hydrogen (secondary N) is 1. The van der Waals surface area contributed by atoms with E-state index in [2.05, 4.69) is 25.1 Å². The van der Waals surface area contributed by atoms with Gasteiger partial charge in [0.2, 0.25) is 5.95 Å². The maximum Gasteiger partial charge on any atom is 0.225 e. The van der Waals surface area contributed by atoms with E-state index in [9.17, 15) is 5.11 Å². The third-order valence-electron chi connectivity index (χ3n) is 3.34. The van der Waals surface area contributed by atoms with Crippen LogP contribution < -0.4 is 10.2 Å². The minimum Gasteiger partial charge on any atom is -0.389 e. The fraction of sp³-hybridized carbons (Fsp3) is 0.714. The van der Waals surface area contributed by atoms with E-state index in [1.165, 1.54) is 0 Å². The zero-order chi connectivity index (χ0) is 14.6. The van der Waals surface area contributed by atoms with E-state index in [0.29, 0.717) is 6.54 Å². The van der Waals surface area contributed by atoms with Crippen LogP contribution in [-0.4, -0.2) is 65.3 Å². The van der Waals surface area contributed by atoms with Crippen LogP contribution in [0.5, 0.6) is 0 Å². The summed E-state index contributed by atoms with van der Waals surface area (Å²) in [5.41, 5.74) is 0.463. The lowest BCUT2D eigenvalue weighted by atomic mass is 10.1. The Morgan fingerprint density at radius 1 is 1.20 bits per heavy atom. The van der Waals surface area contributed by atoms with Crippen molar-refractivity contribution in [1.29, 1.82) is 0 Å². The van der Waals surface area contributed by atoms with Crippen molar-refractivity contribution in [1.82, 2.24) is 20.2 Å². The summed E-state index contributed by atoms with van der Waals surface area (Å²) < 4.78 is 0. The van der Waals surface area contributed by atoms with Crippen molar-refractivity contribution in [2.45, 2.75) is 26.0 Å². The molecule has 1 fully saturated rings. The predicted octanol–water partition coefficient (Wildman–Crippen LogP) is 0.0889. The smallest absolute Gasteiger partial charge is 0.225 e.